The Bertz CT molecular complexity index is 1010. The van der Waals surface area contributed by atoms with Crippen LogP contribution in [0.25, 0.3) is 0 Å². The van der Waals surface area contributed by atoms with E-state index in [0.717, 1.165) is 57.8 Å². The van der Waals surface area contributed by atoms with Gasteiger partial charge in [0, 0.05) is 6.42 Å². The molecule has 0 aromatic rings. The molecule has 0 rings (SSSR count). The highest BCUT2D eigenvalue weighted by Gasteiger charge is 2.18. The van der Waals surface area contributed by atoms with E-state index in [1.165, 1.54) is 167 Å². The quantitative estimate of drug-likeness (QED) is 0.0424. The van der Waals surface area contributed by atoms with Crippen molar-refractivity contribution in [1.29, 1.82) is 0 Å². The van der Waals surface area contributed by atoms with Crippen molar-refractivity contribution < 1.29 is 15.0 Å². The van der Waals surface area contributed by atoms with E-state index >= 15 is 0 Å². The summed E-state index contributed by atoms with van der Waals surface area (Å²) in [6.45, 7) is 4.20. The number of amides is 1. The third-order valence-corrected chi connectivity index (χ3v) is 11.2. The van der Waals surface area contributed by atoms with E-state index in [0.29, 0.717) is 6.42 Å². The monoisotopic (exact) mass is 808 g/mol. The zero-order chi connectivity index (χ0) is 42.1. The van der Waals surface area contributed by atoms with Crippen LogP contribution in [0.15, 0.2) is 72.9 Å². The molecule has 0 fully saturated rings. The molecule has 336 valence electrons. The molecule has 1 amide bonds. The Balaban J connectivity index is 3.56. The number of hydrogen-bond donors (Lipinski definition) is 3. The molecule has 4 heteroatoms. The molecule has 0 saturated heterocycles. The van der Waals surface area contributed by atoms with Gasteiger partial charge in [-0.2, -0.15) is 0 Å². The molecule has 0 saturated carbocycles. The zero-order valence-electron chi connectivity index (χ0n) is 38.5. The van der Waals surface area contributed by atoms with Crippen molar-refractivity contribution >= 4 is 5.91 Å². The Hall–Kier alpha value is -2.17. The van der Waals surface area contributed by atoms with Crippen molar-refractivity contribution in [3.8, 4) is 0 Å². The lowest BCUT2D eigenvalue weighted by Crippen LogP contribution is -2.45. The van der Waals surface area contributed by atoms with E-state index in [-0.39, 0.29) is 12.5 Å². The maximum Gasteiger partial charge on any atom is 0.220 e. The molecular weight excluding hydrogens is 711 g/mol. The van der Waals surface area contributed by atoms with Crippen LogP contribution in [0, 0.1) is 0 Å². The van der Waals surface area contributed by atoms with Crippen LogP contribution in [0.4, 0.5) is 0 Å². The van der Waals surface area contributed by atoms with Crippen LogP contribution in [-0.2, 0) is 4.79 Å². The molecule has 0 aliphatic heterocycles. The van der Waals surface area contributed by atoms with E-state index in [9.17, 15) is 15.0 Å². The lowest BCUT2D eigenvalue weighted by atomic mass is 10.0. The Morgan fingerprint density at radius 2 is 0.759 bits per heavy atom. The van der Waals surface area contributed by atoms with Crippen LogP contribution in [0.2, 0.25) is 0 Å². The molecule has 0 bridgehead atoms. The number of rotatable bonds is 45. The average Bonchev–Trinajstić information content (AvgIpc) is 3.23. The minimum absolute atomic E-state index is 0.0685. The summed E-state index contributed by atoms with van der Waals surface area (Å²) < 4.78 is 0. The third-order valence-electron chi connectivity index (χ3n) is 11.2. The molecular formula is C54H97NO3. The van der Waals surface area contributed by atoms with Gasteiger partial charge in [-0.05, 0) is 64.2 Å². The van der Waals surface area contributed by atoms with E-state index < -0.39 is 12.1 Å². The fourth-order valence-electron chi connectivity index (χ4n) is 7.38. The largest absolute Gasteiger partial charge is 0.394 e. The maximum atomic E-state index is 12.4. The molecule has 0 aromatic heterocycles. The summed E-state index contributed by atoms with van der Waals surface area (Å²) in [7, 11) is 0. The van der Waals surface area contributed by atoms with Gasteiger partial charge in [-0.1, -0.05) is 247 Å². The standard InChI is InChI=1S/C54H97NO3/c1-3-5-7-9-11-13-15-17-19-21-23-24-25-26-27-28-29-30-32-34-36-38-40-42-44-46-48-50-54(58)55-52(51-56)53(57)49-47-45-43-41-39-37-35-33-31-22-20-18-16-14-12-10-8-6-4-2/h5,7,11,13,17,19,23-24,26-27,47,49,52-53,56-57H,3-4,6,8-10,12,14-16,18,20-22,25,28-46,48,50-51H2,1-2H3,(H,55,58)/b7-5-,13-11-,19-17-,24-23-,27-26-,49-47+. The molecule has 0 radical (unpaired) electrons. The molecule has 4 nitrogen and oxygen atoms in total. The lowest BCUT2D eigenvalue weighted by molar-refractivity contribution is -0.123. The Labute approximate surface area is 361 Å². The highest BCUT2D eigenvalue weighted by atomic mass is 16.3. The average molecular weight is 808 g/mol. The van der Waals surface area contributed by atoms with Gasteiger partial charge in [-0.25, -0.2) is 0 Å². The summed E-state index contributed by atoms with van der Waals surface area (Å²) in [4.78, 5) is 12.4. The van der Waals surface area contributed by atoms with Gasteiger partial charge < -0.3 is 15.5 Å². The molecule has 0 heterocycles. The summed E-state index contributed by atoms with van der Waals surface area (Å²) in [5.74, 6) is -0.0685. The lowest BCUT2D eigenvalue weighted by Gasteiger charge is -2.20. The first-order valence-corrected chi connectivity index (χ1v) is 25.2. The second-order valence-corrected chi connectivity index (χ2v) is 16.9. The van der Waals surface area contributed by atoms with Crippen molar-refractivity contribution in [3.63, 3.8) is 0 Å². The van der Waals surface area contributed by atoms with Crippen LogP contribution in [0.1, 0.15) is 245 Å². The van der Waals surface area contributed by atoms with Crippen molar-refractivity contribution in [2.75, 3.05) is 6.61 Å². The van der Waals surface area contributed by atoms with Crippen molar-refractivity contribution in [2.45, 2.75) is 257 Å². The summed E-state index contributed by atoms with van der Waals surface area (Å²) in [5, 5.41) is 23.1. The summed E-state index contributed by atoms with van der Waals surface area (Å²) in [5.41, 5.74) is 0. The molecule has 0 aliphatic rings. The number of nitrogens with one attached hydrogen (secondary N) is 1. The van der Waals surface area contributed by atoms with Crippen LogP contribution in [0.5, 0.6) is 0 Å². The van der Waals surface area contributed by atoms with Gasteiger partial charge >= 0.3 is 0 Å². The van der Waals surface area contributed by atoms with Crippen molar-refractivity contribution in [2.24, 2.45) is 0 Å². The molecule has 0 aliphatic carbocycles. The Morgan fingerprint density at radius 1 is 0.431 bits per heavy atom. The van der Waals surface area contributed by atoms with Gasteiger partial charge in [-0.3, -0.25) is 4.79 Å². The summed E-state index contributed by atoms with van der Waals surface area (Å²) in [6.07, 6.45) is 70.3. The first-order chi connectivity index (χ1) is 28.7. The van der Waals surface area contributed by atoms with Gasteiger partial charge in [0.1, 0.15) is 0 Å². The first-order valence-electron chi connectivity index (χ1n) is 25.2. The fraction of sp³-hybridized carbons (Fsp3) is 0.759. The number of aliphatic hydroxyl groups is 2. The van der Waals surface area contributed by atoms with Crippen LogP contribution < -0.4 is 5.32 Å². The predicted octanol–water partition coefficient (Wildman–Crippen LogP) is 16.2. The van der Waals surface area contributed by atoms with Crippen molar-refractivity contribution in [1.82, 2.24) is 5.32 Å². The van der Waals surface area contributed by atoms with Gasteiger partial charge in [0.2, 0.25) is 5.91 Å². The summed E-state index contributed by atoms with van der Waals surface area (Å²) >= 11 is 0. The SMILES string of the molecule is CC/C=C\C/C=C\C/C=C\C/C=C\C/C=C\CCCCCCCCCCCCCC(=O)NC(CO)C(O)/C=C/CCCCCCCCCCCCCCCCCCC. The van der Waals surface area contributed by atoms with Gasteiger partial charge in [0.05, 0.1) is 18.8 Å². The zero-order valence-corrected chi connectivity index (χ0v) is 38.5. The minimum atomic E-state index is -0.844. The van der Waals surface area contributed by atoms with Crippen LogP contribution in [-0.4, -0.2) is 34.9 Å². The maximum absolute atomic E-state index is 12.4. The number of allylic oxidation sites excluding steroid dienone is 11. The topological polar surface area (TPSA) is 69.6 Å². The van der Waals surface area contributed by atoms with E-state index in [1.54, 1.807) is 6.08 Å². The number of carbonyl (C=O) groups excluding carboxylic acids is 1. The molecule has 0 aromatic carbocycles. The number of hydrogen-bond acceptors (Lipinski definition) is 3. The summed E-state index contributed by atoms with van der Waals surface area (Å²) in [6, 6.07) is -0.627. The predicted molar refractivity (Wildman–Crippen MR) is 257 cm³/mol. The second kappa shape index (κ2) is 49.2. The van der Waals surface area contributed by atoms with Crippen LogP contribution in [0.3, 0.4) is 0 Å². The number of unbranched alkanes of at least 4 members (excludes halogenated alkanes) is 28. The normalized spacial score (nSPS) is 13.5. The van der Waals surface area contributed by atoms with Gasteiger partial charge in [-0.15, -0.1) is 0 Å². The highest BCUT2D eigenvalue weighted by Crippen LogP contribution is 2.16. The number of carbonyl (C=O) groups is 1. The smallest absolute Gasteiger partial charge is 0.220 e. The van der Waals surface area contributed by atoms with E-state index in [1.807, 2.05) is 6.08 Å². The van der Waals surface area contributed by atoms with Crippen LogP contribution >= 0.6 is 0 Å². The van der Waals surface area contributed by atoms with E-state index in [2.05, 4.69) is 79.9 Å². The molecule has 2 unspecified atom stereocenters. The molecule has 2 atom stereocenters. The molecule has 0 spiro atoms. The van der Waals surface area contributed by atoms with Crippen molar-refractivity contribution in [3.05, 3.63) is 72.9 Å². The van der Waals surface area contributed by atoms with Gasteiger partial charge in [0.15, 0.2) is 0 Å². The second-order valence-electron chi connectivity index (χ2n) is 16.9. The van der Waals surface area contributed by atoms with E-state index in [4.69, 9.17) is 0 Å². The molecule has 3 N–H and O–H groups in total. The highest BCUT2D eigenvalue weighted by molar-refractivity contribution is 5.76. The fourth-order valence-corrected chi connectivity index (χ4v) is 7.38. The molecule has 58 heavy (non-hydrogen) atoms. The minimum Gasteiger partial charge on any atom is -0.394 e. The first kappa shape index (κ1) is 55.8. The Kier molecular flexibility index (Phi) is 47.4. The van der Waals surface area contributed by atoms with Gasteiger partial charge in [0.25, 0.3) is 0 Å². The third kappa shape index (κ3) is 44.9. The Morgan fingerprint density at radius 3 is 1.14 bits per heavy atom. The number of aliphatic hydroxyl groups excluding tert-OH is 2.